The first-order valence-electron chi connectivity index (χ1n) is 12.4. The number of nitrogens with zero attached hydrogens (tertiary/aromatic N) is 2. The quantitative estimate of drug-likeness (QED) is 0.531. The molecule has 1 aromatic carbocycles. The van der Waals surface area contributed by atoms with Gasteiger partial charge in [0.25, 0.3) is 5.91 Å². The average Bonchev–Trinajstić information content (AvgIpc) is 3.37. The lowest BCUT2D eigenvalue weighted by molar-refractivity contribution is -0.132. The summed E-state index contributed by atoms with van der Waals surface area (Å²) in [7, 11) is 0. The molecule has 0 radical (unpaired) electrons. The minimum absolute atomic E-state index is 0.0769. The van der Waals surface area contributed by atoms with Crippen molar-refractivity contribution in [3.63, 3.8) is 0 Å². The molecule has 0 aliphatic carbocycles. The molecule has 2 atom stereocenters. The molecule has 0 bridgehead atoms. The molecule has 0 saturated carbocycles. The summed E-state index contributed by atoms with van der Waals surface area (Å²) in [5.74, 6) is 0.761. The summed E-state index contributed by atoms with van der Waals surface area (Å²) in [6, 6.07) is 9.94. The molecule has 6 heteroatoms. The Morgan fingerprint density at radius 1 is 1.19 bits per heavy atom. The maximum absolute atomic E-state index is 13.3. The van der Waals surface area contributed by atoms with E-state index in [2.05, 4.69) is 19.2 Å². The number of nitrogens with one attached hydrogen (secondary N) is 2. The first-order valence-corrected chi connectivity index (χ1v) is 12.4. The predicted molar refractivity (Wildman–Crippen MR) is 129 cm³/mol. The number of unbranched alkanes of at least 4 members (excludes halogenated alkanes) is 2. The van der Waals surface area contributed by atoms with Gasteiger partial charge in [0, 0.05) is 19.6 Å². The summed E-state index contributed by atoms with van der Waals surface area (Å²) in [6.07, 6.45) is 7.46. The standard InChI is InChI=1S/C26H40N4O2/c1-4-6-15-26(16-7-5-2)24(32)30(25(27)28-26)18-14-21-13-17-29(19-21)23(31)20(3)22-11-9-8-10-12-22/h8-12,20-21H,4-7,13-19H2,1-3H3,(H2,27,28). The molecule has 2 heterocycles. The van der Waals surface area contributed by atoms with Gasteiger partial charge in [-0.15, -0.1) is 0 Å². The number of rotatable bonds is 11. The molecule has 0 spiro atoms. The van der Waals surface area contributed by atoms with E-state index < -0.39 is 5.54 Å². The Bertz CT molecular complexity index is 786. The summed E-state index contributed by atoms with van der Waals surface area (Å²) in [5.41, 5.74) is 0.463. The van der Waals surface area contributed by atoms with E-state index in [0.29, 0.717) is 12.5 Å². The van der Waals surface area contributed by atoms with Gasteiger partial charge in [0.2, 0.25) is 5.91 Å². The fraction of sp³-hybridized carbons (Fsp3) is 0.654. The van der Waals surface area contributed by atoms with E-state index in [1.165, 1.54) is 0 Å². The largest absolute Gasteiger partial charge is 0.342 e. The minimum Gasteiger partial charge on any atom is -0.342 e. The third-order valence-corrected chi connectivity index (χ3v) is 7.22. The van der Waals surface area contributed by atoms with Gasteiger partial charge in [0.05, 0.1) is 5.92 Å². The number of carbonyl (C=O) groups excluding carboxylic acids is 2. The van der Waals surface area contributed by atoms with E-state index in [-0.39, 0.29) is 23.7 Å². The van der Waals surface area contributed by atoms with Crippen LogP contribution in [0, 0.1) is 11.3 Å². The normalized spacial score (nSPS) is 21.2. The molecular formula is C26H40N4O2. The molecule has 32 heavy (non-hydrogen) atoms. The Morgan fingerprint density at radius 3 is 2.47 bits per heavy atom. The highest BCUT2D eigenvalue weighted by molar-refractivity contribution is 6.07. The lowest BCUT2D eigenvalue weighted by Gasteiger charge is -2.27. The third kappa shape index (κ3) is 5.33. The van der Waals surface area contributed by atoms with Crippen LogP contribution >= 0.6 is 0 Å². The van der Waals surface area contributed by atoms with Crippen LogP contribution < -0.4 is 5.32 Å². The number of guanidine groups is 1. The van der Waals surface area contributed by atoms with Gasteiger partial charge >= 0.3 is 0 Å². The first kappa shape index (κ1) is 24.3. The van der Waals surface area contributed by atoms with Crippen molar-refractivity contribution in [3.8, 4) is 0 Å². The molecule has 2 saturated heterocycles. The van der Waals surface area contributed by atoms with E-state index in [1.54, 1.807) is 4.90 Å². The van der Waals surface area contributed by atoms with Crippen molar-refractivity contribution in [2.24, 2.45) is 5.92 Å². The van der Waals surface area contributed by atoms with E-state index in [0.717, 1.165) is 70.0 Å². The van der Waals surface area contributed by atoms with E-state index >= 15 is 0 Å². The second kappa shape index (κ2) is 11.0. The SMILES string of the molecule is CCCCC1(CCCC)NC(=N)N(CCC2CCN(C(=O)C(C)c3ccccc3)C2)C1=O. The summed E-state index contributed by atoms with van der Waals surface area (Å²) in [4.78, 5) is 29.9. The zero-order valence-corrected chi connectivity index (χ0v) is 20.0. The van der Waals surface area contributed by atoms with Gasteiger partial charge in [-0.05, 0) is 44.1 Å². The lowest BCUT2D eigenvalue weighted by atomic mass is 9.87. The van der Waals surface area contributed by atoms with Crippen LogP contribution in [0.15, 0.2) is 30.3 Å². The fourth-order valence-electron chi connectivity index (χ4n) is 5.08. The van der Waals surface area contributed by atoms with Gasteiger partial charge in [0.1, 0.15) is 5.54 Å². The molecule has 2 unspecified atom stereocenters. The van der Waals surface area contributed by atoms with Crippen LogP contribution in [-0.2, 0) is 9.59 Å². The Hall–Kier alpha value is -2.37. The van der Waals surface area contributed by atoms with Crippen LogP contribution in [0.3, 0.4) is 0 Å². The summed E-state index contributed by atoms with van der Waals surface area (Å²) >= 11 is 0. The van der Waals surface area contributed by atoms with E-state index in [9.17, 15) is 9.59 Å². The number of hydrogen-bond donors (Lipinski definition) is 2. The molecule has 1 aromatic rings. The molecule has 2 amide bonds. The number of amides is 2. The number of hydrogen-bond acceptors (Lipinski definition) is 3. The van der Waals surface area contributed by atoms with Crippen LogP contribution in [0.2, 0.25) is 0 Å². The fourth-order valence-corrected chi connectivity index (χ4v) is 5.08. The van der Waals surface area contributed by atoms with Gasteiger partial charge in [0.15, 0.2) is 5.96 Å². The molecule has 2 fully saturated rings. The van der Waals surface area contributed by atoms with Gasteiger partial charge in [-0.1, -0.05) is 69.9 Å². The molecule has 2 aliphatic heterocycles. The summed E-state index contributed by atoms with van der Waals surface area (Å²) in [6.45, 7) is 8.35. The second-order valence-electron chi connectivity index (χ2n) is 9.58. The Balaban J connectivity index is 1.54. The zero-order chi connectivity index (χ0) is 23.1. The van der Waals surface area contributed by atoms with Gasteiger partial charge in [-0.3, -0.25) is 19.9 Å². The molecule has 2 N–H and O–H groups in total. The minimum atomic E-state index is -0.591. The van der Waals surface area contributed by atoms with Crippen LogP contribution in [-0.4, -0.2) is 52.7 Å². The summed E-state index contributed by atoms with van der Waals surface area (Å²) < 4.78 is 0. The average molecular weight is 441 g/mol. The van der Waals surface area contributed by atoms with Crippen molar-refractivity contribution < 1.29 is 9.59 Å². The van der Waals surface area contributed by atoms with Gasteiger partial charge in [-0.2, -0.15) is 0 Å². The maximum atomic E-state index is 13.3. The van der Waals surface area contributed by atoms with E-state index in [1.807, 2.05) is 42.2 Å². The van der Waals surface area contributed by atoms with Crippen LogP contribution in [0.4, 0.5) is 0 Å². The van der Waals surface area contributed by atoms with Crippen molar-refractivity contribution in [1.82, 2.24) is 15.1 Å². The molecule has 0 aromatic heterocycles. The smallest absolute Gasteiger partial charge is 0.255 e. The molecule has 3 rings (SSSR count). The third-order valence-electron chi connectivity index (χ3n) is 7.22. The Kier molecular flexibility index (Phi) is 8.32. The number of carbonyl (C=O) groups is 2. The van der Waals surface area contributed by atoms with Crippen LogP contribution in [0.25, 0.3) is 0 Å². The Morgan fingerprint density at radius 2 is 1.84 bits per heavy atom. The number of likely N-dealkylation sites (tertiary alicyclic amines) is 1. The van der Waals surface area contributed by atoms with E-state index in [4.69, 9.17) is 5.41 Å². The van der Waals surface area contributed by atoms with Crippen LogP contribution in [0.5, 0.6) is 0 Å². The highest BCUT2D eigenvalue weighted by Gasteiger charge is 2.48. The number of benzene rings is 1. The van der Waals surface area contributed by atoms with Crippen molar-refractivity contribution in [1.29, 1.82) is 5.41 Å². The first-order chi connectivity index (χ1) is 15.4. The lowest BCUT2D eigenvalue weighted by Crippen LogP contribution is -2.47. The molecule has 176 valence electrons. The molecular weight excluding hydrogens is 400 g/mol. The maximum Gasteiger partial charge on any atom is 0.255 e. The predicted octanol–water partition coefficient (Wildman–Crippen LogP) is 4.51. The van der Waals surface area contributed by atoms with Crippen molar-refractivity contribution >= 4 is 17.8 Å². The monoisotopic (exact) mass is 440 g/mol. The van der Waals surface area contributed by atoms with Crippen molar-refractivity contribution in [2.45, 2.75) is 83.6 Å². The van der Waals surface area contributed by atoms with Gasteiger partial charge < -0.3 is 10.2 Å². The highest BCUT2D eigenvalue weighted by atomic mass is 16.2. The molecule has 2 aliphatic rings. The summed E-state index contributed by atoms with van der Waals surface area (Å²) in [5, 5.41) is 11.7. The zero-order valence-electron chi connectivity index (χ0n) is 20.0. The second-order valence-corrected chi connectivity index (χ2v) is 9.58. The van der Waals surface area contributed by atoms with Gasteiger partial charge in [-0.25, -0.2) is 0 Å². The Labute approximate surface area is 193 Å². The topological polar surface area (TPSA) is 76.5 Å². The molecule has 6 nitrogen and oxygen atoms in total. The van der Waals surface area contributed by atoms with Crippen LogP contribution in [0.1, 0.15) is 83.6 Å². The van der Waals surface area contributed by atoms with Crippen molar-refractivity contribution in [3.05, 3.63) is 35.9 Å². The highest BCUT2D eigenvalue weighted by Crippen LogP contribution is 2.31. The van der Waals surface area contributed by atoms with Crippen molar-refractivity contribution in [2.75, 3.05) is 19.6 Å².